The zero-order chi connectivity index (χ0) is 16.9. The molecule has 3 N–H and O–H groups in total. The Morgan fingerprint density at radius 3 is 2.81 bits per heavy atom. The first-order valence-electron chi connectivity index (χ1n) is 9.71. The molecule has 0 amide bonds. The minimum absolute atomic E-state index is 0. The van der Waals surface area contributed by atoms with Gasteiger partial charge < -0.3 is 20.5 Å². The molecule has 1 aromatic rings. The van der Waals surface area contributed by atoms with Gasteiger partial charge in [-0.25, -0.2) is 4.99 Å². The molecule has 1 saturated heterocycles. The number of halogens is 1. The Morgan fingerprint density at radius 1 is 1.15 bits per heavy atom. The van der Waals surface area contributed by atoms with E-state index in [9.17, 15) is 0 Å². The fourth-order valence-corrected chi connectivity index (χ4v) is 5.73. The van der Waals surface area contributed by atoms with Crippen molar-refractivity contribution in [2.24, 2.45) is 22.1 Å². The monoisotopic (exact) mass is 469 g/mol. The second kappa shape index (κ2) is 7.19. The highest BCUT2D eigenvalue weighted by atomic mass is 127. The number of nitrogens with two attached hydrogens (primary N) is 1. The third-order valence-corrected chi connectivity index (χ3v) is 6.81. The van der Waals surface area contributed by atoms with E-state index in [1.54, 1.807) is 0 Å². The van der Waals surface area contributed by atoms with E-state index in [0.717, 1.165) is 30.8 Å². The number of nitrogens with zero attached hydrogens (tertiary/aromatic N) is 1. The molecule has 142 valence electrons. The smallest absolute Gasteiger partial charge is 0.189 e. The number of nitrogens with one attached hydrogen (secondary N) is 1. The summed E-state index contributed by atoms with van der Waals surface area (Å²) >= 11 is 0. The van der Waals surface area contributed by atoms with Crippen molar-refractivity contribution in [2.45, 2.75) is 56.7 Å². The number of fused-ring (bicyclic) bond motifs is 3. The quantitative estimate of drug-likeness (QED) is 0.396. The first kappa shape index (κ1) is 18.3. The Labute approximate surface area is 172 Å². The Morgan fingerprint density at radius 2 is 1.96 bits per heavy atom. The van der Waals surface area contributed by atoms with Crippen molar-refractivity contribution in [1.82, 2.24) is 5.32 Å². The maximum absolute atomic E-state index is 6.36. The van der Waals surface area contributed by atoms with Crippen LogP contribution in [0.2, 0.25) is 0 Å². The van der Waals surface area contributed by atoms with Gasteiger partial charge in [0, 0.05) is 36.0 Å². The van der Waals surface area contributed by atoms with Gasteiger partial charge in [-0.2, -0.15) is 0 Å². The van der Waals surface area contributed by atoms with Crippen LogP contribution >= 0.6 is 24.0 Å². The third-order valence-electron chi connectivity index (χ3n) is 6.81. The largest absolute Gasteiger partial charge is 0.493 e. The van der Waals surface area contributed by atoms with Crippen LogP contribution in [0.15, 0.2) is 29.3 Å². The van der Waals surface area contributed by atoms with Gasteiger partial charge in [-0.3, -0.25) is 0 Å². The maximum atomic E-state index is 6.36. The predicted octanol–water partition coefficient (Wildman–Crippen LogP) is 3.38. The minimum atomic E-state index is 0. The van der Waals surface area contributed by atoms with Crippen LogP contribution in [-0.4, -0.2) is 31.3 Å². The van der Waals surface area contributed by atoms with E-state index in [1.807, 2.05) is 18.2 Å². The van der Waals surface area contributed by atoms with Gasteiger partial charge in [-0.05, 0) is 25.3 Å². The normalized spacial score (nSPS) is 34.2. The van der Waals surface area contributed by atoms with E-state index < -0.39 is 0 Å². The fourth-order valence-electron chi connectivity index (χ4n) is 5.73. The Kier molecular flexibility index (Phi) is 5.07. The highest BCUT2D eigenvalue weighted by molar-refractivity contribution is 14.0. The lowest BCUT2D eigenvalue weighted by Crippen LogP contribution is -2.69. The fraction of sp³-hybridized carbons (Fsp3) is 0.650. The average molecular weight is 469 g/mol. The van der Waals surface area contributed by atoms with E-state index in [4.69, 9.17) is 20.2 Å². The van der Waals surface area contributed by atoms with Crippen molar-refractivity contribution in [3.05, 3.63) is 29.8 Å². The summed E-state index contributed by atoms with van der Waals surface area (Å²) in [4.78, 5) is 4.83. The molecule has 0 bridgehead atoms. The predicted molar refractivity (Wildman–Crippen MR) is 112 cm³/mol. The van der Waals surface area contributed by atoms with Gasteiger partial charge in [0.1, 0.15) is 5.75 Å². The van der Waals surface area contributed by atoms with Crippen LogP contribution in [0, 0.1) is 11.3 Å². The van der Waals surface area contributed by atoms with E-state index >= 15 is 0 Å². The summed E-state index contributed by atoms with van der Waals surface area (Å²) in [5.74, 6) is 2.13. The van der Waals surface area contributed by atoms with Gasteiger partial charge in [-0.15, -0.1) is 24.0 Å². The maximum Gasteiger partial charge on any atom is 0.189 e. The lowest BCUT2D eigenvalue weighted by molar-refractivity contribution is -0.124. The number of hydrogen-bond donors (Lipinski definition) is 2. The van der Waals surface area contributed by atoms with Crippen LogP contribution < -0.4 is 15.8 Å². The van der Waals surface area contributed by atoms with Gasteiger partial charge in [0.15, 0.2) is 5.96 Å². The second-order valence-corrected chi connectivity index (χ2v) is 8.01. The number of ether oxygens (including phenoxy) is 2. The summed E-state index contributed by atoms with van der Waals surface area (Å²) in [6, 6.07) is 8.68. The molecular formula is C20H28IN3O2. The molecule has 0 aromatic heterocycles. The molecule has 0 radical (unpaired) electrons. The van der Waals surface area contributed by atoms with E-state index in [-0.39, 0.29) is 30.0 Å². The third kappa shape index (κ3) is 2.80. The topological polar surface area (TPSA) is 68.9 Å². The van der Waals surface area contributed by atoms with Crippen molar-refractivity contribution >= 4 is 29.9 Å². The first-order chi connectivity index (χ1) is 12.3. The molecule has 26 heavy (non-hydrogen) atoms. The second-order valence-electron chi connectivity index (χ2n) is 8.01. The summed E-state index contributed by atoms with van der Waals surface area (Å²) in [6.45, 7) is 1.60. The van der Waals surface area contributed by atoms with E-state index in [0.29, 0.717) is 36.0 Å². The summed E-state index contributed by atoms with van der Waals surface area (Å²) in [5.41, 5.74) is 7.81. The molecule has 4 atom stereocenters. The lowest BCUT2D eigenvalue weighted by atomic mass is 9.54. The molecule has 5 nitrogen and oxygen atoms in total. The first-order valence-corrected chi connectivity index (χ1v) is 9.71. The Bertz CT molecular complexity index is 689. The van der Waals surface area contributed by atoms with Crippen molar-refractivity contribution in [3.8, 4) is 5.75 Å². The van der Waals surface area contributed by atoms with Gasteiger partial charge in [-0.1, -0.05) is 31.0 Å². The number of para-hydroxylation sites is 1. The van der Waals surface area contributed by atoms with Crippen molar-refractivity contribution in [1.29, 1.82) is 0 Å². The summed E-state index contributed by atoms with van der Waals surface area (Å²) in [7, 11) is 0. The van der Waals surface area contributed by atoms with Gasteiger partial charge in [0.2, 0.25) is 0 Å². The number of guanidine groups is 1. The van der Waals surface area contributed by atoms with Crippen molar-refractivity contribution in [3.63, 3.8) is 0 Å². The summed E-state index contributed by atoms with van der Waals surface area (Å²) in [6.07, 6.45) is 7.63. The molecule has 2 saturated carbocycles. The molecule has 1 spiro atoms. The number of benzene rings is 1. The summed E-state index contributed by atoms with van der Waals surface area (Å²) in [5, 5.41) is 3.61. The van der Waals surface area contributed by atoms with Gasteiger partial charge in [0.25, 0.3) is 0 Å². The molecule has 4 unspecified atom stereocenters. The van der Waals surface area contributed by atoms with Crippen LogP contribution in [0.3, 0.4) is 0 Å². The molecule has 4 aliphatic rings. The van der Waals surface area contributed by atoms with Crippen molar-refractivity contribution in [2.75, 3.05) is 13.2 Å². The Balaban J connectivity index is 0.00000168. The van der Waals surface area contributed by atoms with Crippen LogP contribution in [0.1, 0.15) is 50.1 Å². The minimum Gasteiger partial charge on any atom is -0.493 e. The van der Waals surface area contributed by atoms with Crippen LogP contribution in [0.5, 0.6) is 5.75 Å². The van der Waals surface area contributed by atoms with Gasteiger partial charge >= 0.3 is 0 Å². The van der Waals surface area contributed by atoms with Crippen LogP contribution in [-0.2, 0) is 4.74 Å². The van der Waals surface area contributed by atoms with Crippen LogP contribution in [0.25, 0.3) is 0 Å². The molecule has 2 aliphatic heterocycles. The standard InChI is InChI=1S/C20H27N3O2.HI/c21-19(22-15-8-12-24-16-6-2-1-5-13(15)16)23-17-14-7-11-25-18(14)20(17)9-3-4-10-20;/h1-2,5-6,14-15,17-18H,3-4,7-12H2,(H3,21,22,23);1H. The number of rotatable bonds is 2. The molecule has 3 fully saturated rings. The van der Waals surface area contributed by atoms with Crippen molar-refractivity contribution < 1.29 is 9.47 Å². The molecule has 2 heterocycles. The van der Waals surface area contributed by atoms with E-state index in [2.05, 4.69) is 11.4 Å². The molecular weight excluding hydrogens is 441 g/mol. The molecule has 5 rings (SSSR count). The van der Waals surface area contributed by atoms with E-state index in [1.165, 1.54) is 25.7 Å². The molecule has 1 aromatic carbocycles. The SMILES string of the molecule is I.NC(=NC1CCOc2ccccc21)NC1C2CCOC2C12CCCC2. The zero-order valence-electron chi connectivity index (χ0n) is 15.0. The number of aliphatic imine (C=N–C) groups is 1. The zero-order valence-corrected chi connectivity index (χ0v) is 17.4. The lowest BCUT2D eigenvalue weighted by Gasteiger charge is -2.57. The average Bonchev–Trinajstić information content (AvgIpc) is 3.29. The molecule has 2 aliphatic carbocycles. The molecule has 6 heteroatoms. The summed E-state index contributed by atoms with van der Waals surface area (Å²) < 4.78 is 11.8. The number of hydrogen-bond acceptors (Lipinski definition) is 3. The van der Waals surface area contributed by atoms with Crippen LogP contribution in [0.4, 0.5) is 0 Å². The van der Waals surface area contributed by atoms with Gasteiger partial charge in [0.05, 0.1) is 18.8 Å². The highest BCUT2D eigenvalue weighted by Gasteiger charge is 2.65. The Hall–Kier alpha value is -1.02. The highest BCUT2D eigenvalue weighted by Crippen LogP contribution is 2.60.